The molecule has 0 bridgehead atoms. The highest BCUT2D eigenvalue weighted by molar-refractivity contribution is 6.33. The molecule has 2 amide bonds. The second kappa shape index (κ2) is 8.39. The first-order valence-corrected chi connectivity index (χ1v) is 9.48. The molecule has 0 aliphatic carbocycles. The van der Waals surface area contributed by atoms with Crippen molar-refractivity contribution in [3.05, 3.63) is 100 Å². The van der Waals surface area contributed by atoms with Crippen LogP contribution in [-0.4, -0.2) is 11.8 Å². The maximum absolute atomic E-state index is 13.7. The number of benzene rings is 3. The van der Waals surface area contributed by atoms with Gasteiger partial charge in [0.2, 0.25) is 0 Å². The lowest BCUT2D eigenvalue weighted by Crippen LogP contribution is -2.35. The molecule has 0 atom stereocenters. The Hall–Kier alpha value is -3.64. The highest BCUT2D eigenvalue weighted by Crippen LogP contribution is 2.28. The smallest absolute Gasteiger partial charge is 0.282 e. The number of nitrogens with one attached hydrogen (secondary N) is 1. The number of anilines is 1. The number of amides is 2. The quantitative estimate of drug-likeness (QED) is 0.486. The molecule has 5 nitrogen and oxygen atoms in total. The van der Waals surface area contributed by atoms with E-state index in [9.17, 15) is 14.0 Å². The van der Waals surface area contributed by atoms with Gasteiger partial charge in [-0.15, -0.1) is 0 Å². The van der Waals surface area contributed by atoms with Gasteiger partial charge in [-0.05, 0) is 42.0 Å². The summed E-state index contributed by atoms with van der Waals surface area (Å²) in [6.07, 6.45) is 1.47. The SMILES string of the molecule is O=C1NN(c2ccccc2)C(=O)C1=Cc1ccc(OCc2ccccc2F)c(Cl)c1. The Morgan fingerprint density at radius 1 is 1.00 bits per heavy atom. The first-order chi connectivity index (χ1) is 14.5. The number of hydrazine groups is 1. The molecular weight excluding hydrogens is 407 g/mol. The van der Waals surface area contributed by atoms with Gasteiger partial charge in [-0.3, -0.25) is 15.0 Å². The Bertz CT molecular complexity index is 1150. The van der Waals surface area contributed by atoms with Gasteiger partial charge in [0.25, 0.3) is 11.8 Å². The zero-order chi connectivity index (χ0) is 21.1. The monoisotopic (exact) mass is 422 g/mol. The second-order valence-electron chi connectivity index (χ2n) is 6.54. The number of carbonyl (C=O) groups is 2. The van der Waals surface area contributed by atoms with Crippen LogP contribution in [0.3, 0.4) is 0 Å². The molecule has 0 radical (unpaired) electrons. The van der Waals surface area contributed by atoms with Crippen LogP contribution in [0.25, 0.3) is 6.08 Å². The number of hydrogen-bond acceptors (Lipinski definition) is 3. The summed E-state index contributed by atoms with van der Waals surface area (Å²) in [4.78, 5) is 24.9. The third-order valence-corrected chi connectivity index (χ3v) is 4.81. The Balaban J connectivity index is 1.51. The van der Waals surface area contributed by atoms with Gasteiger partial charge in [0.1, 0.15) is 23.7 Å². The predicted molar refractivity (Wildman–Crippen MR) is 112 cm³/mol. The molecule has 7 heteroatoms. The van der Waals surface area contributed by atoms with Gasteiger partial charge in [0.15, 0.2) is 0 Å². The van der Waals surface area contributed by atoms with E-state index in [0.717, 1.165) is 0 Å². The minimum atomic E-state index is -0.500. The van der Waals surface area contributed by atoms with Crippen molar-refractivity contribution in [3.63, 3.8) is 0 Å². The fourth-order valence-corrected chi connectivity index (χ4v) is 3.22. The number of ether oxygens (including phenoxy) is 1. The molecule has 1 aliphatic rings. The van der Waals surface area contributed by atoms with Gasteiger partial charge < -0.3 is 4.74 Å². The van der Waals surface area contributed by atoms with Gasteiger partial charge in [0, 0.05) is 5.56 Å². The number of hydrogen-bond donors (Lipinski definition) is 1. The average Bonchev–Trinajstić information content (AvgIpc) is 3.03. The Labute approximate surface area is 177 Å². The largest absolute Gasteiger partial charge is 0.487 e. The van der Waals surface area contributed by atoms with E-state index >= 15 is 0 Å². The van der Waals surface area contributed by atoms with Gasteiger partial charge in [0.05, 0.1) is 10.7 Å². The van der Waals surface area contributed by atoms with E-state index in [1.807, 2.05) is 6.07 Å². The zero-order valence-corrected chi connectivity index (χ0v) is 16.4. The van der Waals surface area contributed by atoms with Gasteiger partial charge in [-0.25, -0.2) is 9.40 Å². The molecule has 1 aliphatic heterocycles. The molecule has 1 heterocycles. The zero-order valence-electron chi connectivity index (χ0n) is 15.6. The van der Waals surface area contributed by atoms with Crippen molar-refractivity contribution in [2.45, 2.75) is 6.61 Å². The Kier molecular flexibility index (Phi) is 5.50. The van der Waals surface area contributed by atoms with Crippen LogP contribution in [0.2, 0.25) is 5.02 Å². The molecule has 3 aromatic rings. The number of halogens is 2. The van der Waals surface area contributed by atoms with Crippen LogP contribution >= 0.6 is 11.6 Å². The number of rotatable bonds is 5. The van der Waals surface area contributed by atoms with E-state index in [4.69, 9.17) is 16.3 Å². The molecule has 150 valence electrons. The lowest BCUT2D eigenvalue weighted by Gasteiger charge is -2.13. The normalized spacial score (nSPS) is 14.9. The maximum Gasteiger partial charge on any atom is 0.282 e. The summed E-state index contributed by atoms with van der Waals surface area (Å²) in [6.45, 7) is 0.0275. The highest BCUT2D eigenvalue weighted by Gasteiger charge is 2.34. The molecule has 1 fully saturated rings. The summed E-state index contributed by atoms with van der Waals surface area (Å²) in [5.74, 6) is -0.944. The van der Waals surface area contributed by atoms with Crippen molar-refractivity contribution in [1.29, 1.82) is 0 Å². The average molecular weight is 423 g/mol. The summed E-state index contributed by atoms with van der Waals surface area (Å²) < 4.78 is 19.3. The fraction of sp³-hybridized carbons (Fsp3) is 0.0435. The molecule has 4 rings (SSSR count). The maximum atomic E-state index is 13.7. The lowest BCUT2D eigenvalue weighted by atomic mass is 10.1. The molecular formula is C23H16ClFN2O3. The Morgan fingerprint density at radius 3 is 2.47 bits per heavy atom. The summed E-state index contributed by atoms with van der Waals surface area (Å²) in [6, 6.07) is 20.0. The van der Waals surface area contributed by atoms with E-state index in [1.54, 1.807) is 60.7 Å². The summed E-state index contributed by atoms with van der Waals surface area (Å²) in [5, 5.41) is 1.48. The predicted octanol–water partition coefficient (Wildman–Crippen LogP) is 4.52. The highest BCUT2D eigenvalue weighted by atomic mass is 35.5. The second-order valence-corrected chi connectivity index (χ2v) is 6.95. The lowest BCUT2D eigenvalue weighted by molar-refractivity contribution is -0.117. The minimum absolute atomic E-state index is 0.00468. The first kappa shape index (κ1) is 19.7. The van der Waals surface area contributed by atoms with Crippen molar-refractivity contribution in [2.24, 2.45) is 0 Å². The van der Waals surface area contributed by atoms with Gasteiger partial charge in [-0.2, -0.15) is 0 Å². The number of para-hydroxylation sites is 1. The van der Waals surface area contributed by atoms with Crippen molar-refractivity contribution < 1.29 is 18.7 Å². The molecule has 0 spiro atoms. The van der Waals surface area contributed by atoms with E-state index in [-0.39, 0.29) is 23.0 Å². The van der Waals surface area contributed by atoms with Crippen LogP contribution in [0.1, 0.15) is 11.1 Å². The van der Waals surface area contributed by atoms with Crippen molar-refractivity contribution in [3.8, 4) is 5.75 Å². The third-order valence-electron chi connectivity index (χ3n) is 4.51. The Morgan fingerprint density at radius 2 is 1.73 bits per heavy atom. The van der Waals surface area contributed by atoms with Crippen molar-refractivity contribution >= 4 is 35.2 Å². The standard InChI is InChI=1S/C23H16ClFN2O3/c24-19-13-15(10-11-21(19)30-14-16-6-4-5-9-20(16)25)12-18-22(28)26-27(23(18)29)17-7-2-1-3-8-17/h1-13H,14H2,(H,26,28). The third kappa shape index (κ3) is 4.04. The molecule has 0 aromatic heterocycles. The molecule has 3 aromatic carbocycles. The van der Waals surface area contributed by atoms with E-state index < -0.39 is 11.8 Å². The van der Waals surface area contributed by atoms with Crippen molar-refractivity contribution in [1.82, 2.24) is 5.43 Å². The van der Waals surface area contributed by atoms with Gasteiger partial charge >= 0.3 is 0 Å². The summed E-state index contributed by atoms with van der Waals surface area (Å²) >= 11 is 6.27. The van der Waals surface area contributed by atoms with E-state index in [0.29, 0.717) is 22.6 Å². The summed E-state index contributed by atoms with van der Waals surface area (Å²) in [7, 11) is 0. The number of nitrogens with zero attached hydrogens (tertiary/aromatic N) is 1. The number of carbonyl (C=O) groups excluding carboxylic acids is 2. The van der Waals surface area contributed by atoms with Crippen LogP contribution in [0.5, 0.6) is 5.75 Å². The van der Waals surface area contributed by atoms with Crippen molar-refractivity contribution in [2.75, 3.05) is 5.01 Å². The molecule has 0 unspecified atom stereocenters. The van der Waals surface area contributed by atoms with Gasteiger partial charge in [-0.1, -0.05) is 54.1 Å². The van der Waals surface area contributed by atoms with Crippen LogP contribution in [0, 0.1) is 5.82 Å². The minimum Gasteiger partial charge on any atom is -0.487 e. The molecule has 0 saturated carbocycles. The molecule has 30 heavy (non-hydrogen) atoms. The van der Waals surface area contributed by atoms with Crippen LogP contribution in [0.15, 0.2) is 78.4 Å². The summed E-state index contributed by atoms with van der Waals surface area (Å²) in [5.41, 5.74) is 4.08. The molecule has 1 saturated heterocycles. The van der Waals surface area contributed by atoms with Crippen LogP contribution in [-0.2, 0) is 16.2 Å². The van der Waals surface area contributed by atoms with E-state index in [1.165, 1.54) is 17.2 Å². The first-order valence-electron chi connectivity index (χ1n) is 9.11. The topological polar surface area (TPSA) is 58.6 Å². The molecule has 1 N–H and O–H groups in total. The van der Waals surface area contributed by atoms with E-state index in [2.05, 4.69) is 5.43 Å². The van der Waals surface area contributed by atoms with Crippen LogP contribution < -0.4 is 15.2 Å². The van der Waals surface area contributed by atoms with Crippen LogP contribution in [0.4, 0.5) is 10.1 Å². The fourth-order valence-electron chi connectivity index (χ4n) is 2.98.